The minimum atomic E-state index is -0.996. The Balaban J connectivity index is 2.40. The van der Waals surface area contributed by atoms with E-state index in [0.29, 0.717) is 10.1 Å². The van der Waals surface area contributed by atoms with E-state index in [2.05, 4.69) is 15.0 Å². The maximum Gasteiger partial charge on any atom is 0.338 e. The minimum Gasteiger partial charge on any atom is -0.478 e. The molecule has 2 rings (SSSR count). The zero-order valence-corrected chi connectivity index (χ0v) is 10.7. The maximum absolute atomic E-state index is 11.1. The van der Waals surface area contributed by atoms with Crippen molar-refractivity contribution in [1.29, 1.82) is 0 Å². The first-order valence-corrected chi connectivity index (χ1v) is 6.06. The Bertz CT molecular complexity index is 602. The number of nitrogens with zero attached hydrogens (tertiary/aromatic N) is 3. The van der Waals surface area contributed by atoms with Gasteiger partial charge in [-0.1, -0.05) is 0 Å². The van der Waals surface area contributed by atoms with Gasteiger partial charge in [-0.3, -0.25) is 4.98 Å². The molecule has 1 N–H and O–H groups in total. The molecule has 0 aliphatic rings. The molecule has 0 saturated carbocycles. The standard InChI is InChI=1S/C12H11N3O2S/c1-7-6-14-8(2)10(15-7)18-11-9(12(16)17)4-3-5-13-11/h3-6H,1-2H3,(H,16,17). The van der Waals surface area contributed by atoms with Crippen LogP contribution < -0.4 is 0 Å². The lowest BCUT2D eigenvalue weighted by molar-refractivity contribution is 0.0692. The van der Waals surface area contributed by atoms with Gasteiger partial charge in [0.1, 0.15) is 10.1 Å². The van der Waals surface area contributed by atoms with Gasteiger partial charge >= 0.3 is 5.97 Å². The first kappa shape index (κ1) is 12.5. The molecule has 0 amide bonds. The summed E-state index contributed by atoms with van der Waals surface area (Å²) in [6.45, 7) is 3.67. The predicted octanol–water partition coefficient (Wildman–Crippen LogP) is 2.34. The first-order chi connectivity index (χ1) is 8.58. The summed E-state index contributed by atoms with van der Waals surface area (Å²) in [5.41, 5.74) is 1.72. The fraction of sp³-hybridized carbons (Fsp3) is 0.167. The van der Waals surface area contributed by atoms with Crippen LogP contribution in [-0.4, -0.2) is 26.0 Å². The topological polar surface area (TPSA) is 76.0 Å². The molecule has 0 aliphatic carbocycles. The molecule has 2 aromatic rings. The Hall–Kier alpha value is -1.95. The van der Waals surface area contributed by atoms with Crippen LogP contribution in [0.5, 0.6) is 0 Å². The van der Waals surface area contributed by atoms with E-state index in [9.17, 15) is 4.79 Å². The average molecular weight is 261 g/mol. The number of pyridine rings is 1. The molecule has 2 heterocycles. The van der Waals surface area contributed by atoms with Crippen LogP contribution in [0, 0.1) is 13.8 Å². The van der Waals surface area contributed by atoms with E-state index in [0.717, 1.165) is 11.4 Å². The second-order valence-corrected chi connectivity index (χ2v) is 4.64. The summed E-state index contributed by atoms with van der Waals surface area (Å²) in [4.78, 5) is 23.7. The number of carboxylic acid groups (broad SMARTS) is 1. The van der Waals surface area contributed by atoms with Gasteiger partial charge in [-0.05, 0) is 37.7 Å². The van der Waals surface area contributed by atoms with Gasteiger partial charge in [0.2, 0.25) is 0 Å². The summed E-state index contributed by atoms with van der Waals surface area (Å²) in [5.74, 6) is -0.996. The van der Waals surface area contributed by atoms with Crippen molar-refractivity contribution in [1.82, 2.24) is 15.0 Å². The van der Waals surface area contributed by atoms with Crippen LogP contribution in [0.2, 0.25) is 0 Å². The predicted molar refractivity (Wildman–Crippen MR) is 66.8 cm³/mol. The summed E-state index contributed by atoms with van der Waals surface area (Å²) < 4.78 is 0. The van der Waals surface area contributed by atoms with Gasteiger partial charge in [-0.2, -0.15) is 0 Å². The highest BCUT2D eigenvalue weighted by molar-refractivity contribution is 7.99. The minimum absolute atomic E-state index is 0.171. The molecule has 92 valence electrons. The Kier molecular flexibility index (Phi) is 3.57. The van der Waals surface area contributed by atoms with Gasteiger partial charge in [0, 0.05) is 12.4 Å². The molecule has 0 unspecified atom stereocenters. The number of hydrogen-bond acceptors (Lipinski definition) is 5. The second kappa shape index (κ2) is 5.14. The van der Waals surface area contributed by atoms with Crippen molar-refractivity contribution in [2.24, 2.45) is 0 Å². The Morgan fingerprint density at radius 2 is 2.06 bits per heavy atom. The molecule has 6 heteroatoms. The number of carboxylic acids is 1. The van der Waals surface area contributed by atoms with Crippen molar-refractivity contribution < 1.29 is 9.90 Å². The fourth-order valence-electron chi connectivity index (χ4n) is 1.34. The van der Waals surface area contributed by atoms with Crippen LogP contribution >= 0.6 is 11.8 Å². The van der Waals surface area contributed by atoms with Crippen molar-refractivity contribution in [2.75, 3.05) is 0 Å². The van der Waals surface area contributed by atoms with E-state index in [-0.39, 0.29) is 5.56 Å². The normalized spacial score (nSPS) is 10.3. The maximum atomic E-state index is 11.1. The quantitative estimate of drug-likeness (QED) is 0.913. The molecule has 0 spiro atoms. The zero-order chi connectivity index (χ0) is 13.1. The molecule has 0 aliphatic heterocycles. The molecule has 0 atom stereocenters. The van der Waals surface area contributed by atoms with Gasteiger partial charge in [-0.15, -0.1) is 0 Å². The lowest BCUT2D eigenvalue weighted by Crippen LogP contribution is -2.01. The summed E-state index contributed by atoms with van der Waals surface area (Å²) in [6.07, 6.45) is 3.24. The molecule has 0 saturated heterocycles. The van der Waals surface area contributed by atoms with Crippen LogP contribution in [0.1, 0.15) is 21.7 Å². The smallest absolute Gasteiger partial charge is 0.338 e. The van der Waals surface area contributed by atoms with E-state index < -0.39 is 5.97 Å². The van der Waals surface area contributed by atoms with Gasteiger partial charge < -0.3 is 5.11 Å². The van der Waals surface area contributed by atoms with Crippen molar-refractivity contribution in [3.8, 4) is 0 Å². The third kappa shape index (κ3) is 2.65. The number of hydrogen-bond donors (Lipinski definition) is 1. The Labute approximate surface area is 108 Å². The first-order valence-electron chi connectivity index (χ1n) is 5.24. The van der Waals surface area contributed by atoms with Crippen LogP contribution in [-0.2, 0) is 0 Å². The summed E-state index contributed by atoms with van der Waals surface area (Å²) in [7, 11) is 0. The monoisotopic (exact) mass is 261 g/mol. The third-order valence-corrected chi connectivity index (χ3v) is 3.33. The van der Waals surface area contributed by atoms with E-state index >= 15 is 0 Å². The third-order valence-electron chi connectivity index (χ3n) is 2.23. The largest absolute Gasteiger partial charge is 0.478 e. The zero-order valence-electron chi connectivity index (χ0n) is 9.91. The molecular formula is C12H11N3O2S. The molecular weight excluding hydrogens is 250 g/mol. The SMILES string of the molecule is Cc1cnc(C)c(Sc2ncccc2C(=O)O)n1. The molecule has 0 radical (unpaired) electrons. The molecule has 0 aromatic carbocycles. The van der Waals surface area contributed by atoms with Gasteiger partial charge in [0.05, 0.1) is 17.0 Å². The molecule has 0 fully saturated rings. The molecule has 2 aromatic heterocycles. The number of aromatic nitrogens is 3. The lowest BCUT2D eigenvalue weighted by Gasteiger charge is -2.06. The number of carbonyl (C=O) groups is 1. The fourth-order valence-corrected chi connectivity index (χ4v) is 2.29. The van der Waals surface area contributed by atoms with Gasteiger partial charge in [-0.25, -0.2) is 14.8 Å². The highest BCUT2D eigenvalue weighted by atomic mass is 32.2. The van der Waals surface area contributed by atoms with Crippen molar-refractivity contribution >= 4 is 17.7 Å². The van der Waals surface area contributed by atoms with Crippen LogP contribution in [0.15, 0.2) is 34.6 Å². The van der Waals surface area contributed by atoms with Crippen LogP contribution in [0.25, 0.3) is 0 Å². The van der Waals surface area contributed by atoms with E-state index in [1.807, 2.05) is 13.8 Å². The number of aromatic carboxylic acids is 1. The van der Waals surface area contributed by atoms with Crippen molar-refractivity contribution in [2.45, 2.75) is 23.9 Å². The highest BCUT2D eigenvalue weighted by Crippen LogP contribution is 2.28. The molecule has 0 bridgehead atoms. The Morgan fingerprint density at radius 3 is 2.78 bits per heavy atom. The Morgan fingerprint density at radius 1 is 1.28 bits per heavy atom. The van der Waals surface area contributed by atoms with E-state index in [1.165, 1.54) is 17.8 Å². The average Bonchev–Trinajstić information content (AvgIpc) is 2.34. The van der Waals surface area contributed by atoms with Crippen LogP contribution in [0.3, 0.4) is 0 Å². The number of aryl methyl sites for hydroxylation is 2. The van der Waals surface area contributed by atoms with E-state index in [1.54, 1.807) is 18.5 Å². The highest BCUT2D eigenvalue weighted by Gasteiger charge is 2.14. The van der Waals surface area contributed by atoms with Crippen molar-refractivity contribution in [3.05, 3.63) is 41.5 Å². The summed E-state index contributed by atoms with van der Waals surface area (Å²) in [6, 6.07) is 3.12. The second-order valence-electron chi connectivity index (χ2n) is 3.67. The summed E-state index contributed by atoms with van der Waals surface area (Å²) in [5, 5.41) is 10.2. The van der Waals surface area contributed by atoms with Gasteiger partial charge in [0.15, 0.2) is 0 Å². The van der Waals surface area contributed by atoms with Crippen LogP contribution in [0.4, 0.5) is 0 Å². The summed E-state index contributed by atoms with van der Waals surface area (Å²) >= 11 is 1.22. The number of rotatable bonds is 3. The van der Waals surface area contributed by atoms with E-state index in [4.69, 9.17) is 5.11 Å². The lowest BCUT2D eigenvalue weighted by atomic mass is 10.3. The molecule has 18 heavy (non-hydrogen) atoms. The van der Waals surface area contributed by atoms with Gasteiger partial charge in [0.25, 0.3) is 0 Å². The molecule has 5 nitrogen and oxygen atoms in total. The van der Waals surface area contributed by atoms with Crippen molar-refractivity contribution in [3.63, 3.8) is 0 Å².